The summed E-state index contributed by atoms with van der Waals surface area (Å²) in [6.07, 6.45) is 4.02. The number of hydrogen-bond donors (Lipinski definition) is 3. The van der Waals surface area contributed by atoms with Gasteiger partial charge in [0, 0.05) is 13.1 Å². The molecule has 0 radical (unpaired) electrons. The Labute approximate surface area is 114 Å². The van der Waals surface area contributed by atoms with E-state index in [9.17, 15) is 5.11 Å². The van der Waals surface area contributed by atoms with Crippen molar-refractivity contribution in [3.05, 3.63) is 12.7 Å². The molecule has 10 nitrogen and oxygen atoms in total. The largest absolute Gasteiger partial charge is 0.393 e. The van der Waals surface area contributed by atoms with Crippen LogP contribution < -0.4 is 16.2 Å². The Kier molecular flexibility index (Phi) is 3.39. The second-order valence-corrected chi connectivity index (χ2v) is 4.46. The predicted octanol–water partition coefficient (Wildman–Crippen LogP) is -1.30. The zero-order valence-corrected chi connectivity index (χ0v) is 10.7. The smallest absolute Gasteiger partial charge is 0.258 e. The molecule has 0 bridgehead atoms. The first-order valence-electron chi connectivity index (χ1n) is 6.27. The number of rotatable bonds is 3. The molecule has 2 aromatic heterocycles. The van der Waals surface area contributed by atoms with Gasteiger partial charge in [0.25, 0.3) is 5.95 Å². The lowest BCUT2D eigenvalue weighted by Crippen LogP contribution is -2.37. The maximum Gasteiger partial charge on any atom is 0.258 e. The molecule has 1 saturated heterocycles. The molecule has 1 aliphatic heterocycles. The number of aromatic nitrogens is 6. The fourth-order valence-corrected chi connectivity index (χ4v) is 2.04. The minimum atomic E-state index is -0.255. The lowest BCUT2D eigenvalue weighted by atomic mass is 10.1. The fraction of sp³-hybridized carbons (Fsp3) is 0.500. The Balaban J connectivity index is 1.92. The van der Waals surface area contributed by atoms with Gasteiger partial charge in [0.1, 0.15) is 12.7 Å². The standard InChI is InChI=1S/C10H15N9O/c11-17-8-14-9(18-3-1-7(20)2-4-18)16-10(15-8)19-6-12-5-13-19/h5-7,20H,1-4,11H2,(H,14,15,16,17). The van der Waals surface area contributed by atoms with Gasteiger partial charge in [-0.05, 0) is 12.8 Å². The van der Waals surface area contributed by atoms with Crippen molar-refractivity contribution < 1.29 is 5.11 Å². The van der Waals surface area contributed by atoms with Crippen LogP contribution in [-0.2, 0) is 0 Å². The Morgan fingerprint density at radius 3 is 2.60 bits per heavy atom. The summed E-state index contributed by atoms with van der Waals surface area (Å²) in [5, 5.41) is 13.5. The molecule has 0 spiro atoms. The average Bonchev–Trinajstić information content (AvgIpc) is 3.02. The van der Waals surface area contributed by atoms with Crippen molar-refractivity contribution in [2.75, 3.05) is 23.4 Å². The second kappa shape index (κ2) is 5.35. The second-order valence-electron chi connectivity index (χ2n) is 4.46. The van der Waals surface area contributed by atoms with E-state index in [-0.39, 0.29) is 12.1 Å². The monoisotopic (exact) mass is 277 g/mol. The summed E-state index contributed by atoms with van der Waals surface area (Å²) >= 11 is 0. The molecule has 1 aliphatic rings. The molecule has 3 heterocycles. The summed E-state index contributed by atoms with van der Waals surface area (Å²) in [7, 11) is 0. The molecule has 0 unspecified atom stereocenters. The van der Waals surface area contributed by atoms with Gasteiger partial charge in [-0.25, -0.2) is 10.8 Å². The molecule has 1 fully saturated rings. The van der Waals surface area contributed by atoms with Gasteiger partial charge in [-0.1, -0.05) is 0 Å². The molecule has 106 valence electrons. The van der Waals surface area contributed by atoms with Crippen molar-refractivity contribution in [1.29, 1.82) is 0 Å². The number of aliphatic hydroxyl groups is 1. The zero-order chi connectivity index (χ0) is 13.9. The number of aliphatic hydroxyl groups excluding tert-OH is 1. The van der Waals surface area contributed by atoms with E-state index in [4.69, 9.17) is 5.84 Å². The lowest BCUT2D eigenvalue weighted by molar-refractivity contribution is 0.145. The van der Waals surface area contributed by atoms with Crippen molar-refractivity contribution in [3.63, 3.8) is 0 Å². The van der Waals surface area contributed by atoms with Gasteiger partial charge in [-0.15, -0.1) is 0 Å². The van der Waals surface area contributed by atoms with E-state index in [2.05, 4.69) is 30.5 Å². The minimum Gasteiger partial charge on any atom is -0.393 e. The highest BCUT2D eigenvalue weighted by Crippen LogP contribution is 2.17. The molecule has 0 amide bonds. The molecule has 0 saturated carbocycles. The quantitative estimate of drug-likeness (QED) is 0.462. The molecular formula is C10H15N9O. The van der Waals surface area contributed by atoms with Crippen molar-refractivity contribution in [2.24, 2.45) is 5.84 Å². The summed E-state index contributed by atoms with van der Waals surface area (Å²) < 4.78 is 1.44. The normalized spacial score (nSPS) is 16.4. The Morgan fingerprint density at radius 2 is 1.95 bits per heavy atom. The number of nitrogens with two attached hydrogens (primary N) is 1. The Bertz CT molecular complexity index is 564. The average molecular weight is 277 g/mol. The van der Waals surface area contributed by atoms with Gasteiger partial charge in [-0.3, -0.25) is 5.43 Å². The molecule has 3 rings (SSSR count). The van der Waals surface area contributed by atoms with Crippen LogP contribution in [0.3, 0.4) is 0 Å². The SMILES string of the molecule is NNc1nc(N2CCC(O)CC2)nc(-n2cncn2)n1. The minimum absolute atomic E-state index is 0.255. The van der Waals surface area contributed by atoms with E-state index >= 15 is 0 Å². The van der Waals surface area contributed by atoms with Crippen LogP contribution in [0, 0.1) is 0 Å². The third-order valence-corrected chi connectivity index (χ3v) is 3.11. The molecule has 0 aromatic carbocycles. The van der Waals surface area contributed by atoms with Crippen LogP contribution >= 0.6 is 0 Å². The van der Waals surface area contributed by atoms with Crippen molar-refractivity contribution in [3.8, 4) is 5.95 Å². The maximum absolute atomic E-state index is 9.54. The Hall–Kier alpha value is -2.33. The zero-order valence-electron chi connectivity index (χ0n) is 10.7. The third kappa shape index (κ3) is 2.51. The van der Waals surface area contributed by atoms with Crippen LogP contribution in [0.2, 0.25) is 0 Å². The van der Waals surface area contributed by atoms with Crippen LogP contribution in [0.15, 0.2) is 12.7 Å². The highest BCUT2D eigenvalue weighted by atomic mass is 16.3. The first-order chi connectivity index (χ1) is 9.76. The molecule has 2 aromatic rings. The van der Waals surface area contributed by atoms with Crippen molar-refractivity contribution in [2.45, 2.75) is 18.9 Å². The summed E-state index contributed by atoms with van der Waals surface area (Å²) in [5.74, 6) is 6.49. The molecule has 4 N–H and O–H groups in total. The maximum atomic E-state index is 9.54. The van der Waals surface area contributed by atoms with Gasteiger partial charge in [-0.2, -0.15) is 24.7 Å². The van der Waals surface area contributed by atoms with E-state index in [0.29, 0.717) is 37.8 Å². The highest BCUT2D eigenvalue weighted by molar-refractivity contribution is 5.39. The third-order valence-electron chi connectivity index (χ3n) is 3.11. The molecule has 20 heavy (non-hydrogen) atoms. The summed E-state index contributed by atoms with van der Waals surface area (Å²) in [6.45, 7) is 1.37. The molecule has 0 aliphatic carbocycles. The summed E-state index contributed by atoms with van der Waals surface area (Å²) in [5.41, 5.74) is 2.42. The van der Waals surface area contributed by atoms with Crippen LogP contribution in [0.25, 0.3) is 5.95 Å². The number of nitrogens with one attached hydrogen (secondary N) is 1. The van der Waals surface area contributed by atoms with E-state index in [1.807, 2.05) is 4.90 Å². The van der Waals surface area contributed by atoms with E-state index in [1.54, 1.807) is 0 Å². The van der Waals surface area contributed by atoms with Crippen LogP contribution in [-0.4, -0.2) is 54.0 Å². The fourth-order valence-electron chi connectivity index (χ4n) is 2.04. The van der Waals surface area contributed by atoms with Crippen LogP contribution in [0.4, 0.5) is 11.9 Å². The number of anilines is 2. The van der Waals surface area contributed by atoms with E-state index in [0.717, 1.165) is 0 Å². The summed E-state index contributed by atoms with van der Waals surface area (Å²) in [6, 6.07) is 0. The van der Waals surface area contributed by atoms with Gasteiger partial charge >= 0.3 is 0 Å². The number of hydrazine groups is 1. The predicted molar refractivity (Wildman–Crippen MR) is 70.0 cm³/mol. The van der Waals surface area contributed by atoms with Crippen LogP contribution in [0.1, 0.15) is 12.8 Å². The topological polar surface area (TPSA) is 131 Å². The number of piperidine rings is 1. The molecule has 0 atom stereocenters. The van der Waals surface area contributed by atoms with Crippen molar-refractivity contribution in [1.82, 2.24) is 29.7 Å². The first kappa shape index (κ1) is 12.7. The van der Waals surface area contributed by atoms with Gasteiger partial charge < -0.3 is 10.0 Å². The highest BCUT2D eigenvalue weighted by Gasteiger charge is 2.20. The van der Waals surface area contributed by atoms with Gasteiger partial charge in [0.2, 0.25) is 11.9 Å². The lowest BCUT2D eigenvalue weighted by Gasteiger charge is -2.29. The van der Waals surface area contributed by atoms with E-state index in [1.165, 1.54) is 17.3 Å². The number of hydrogen-bond acceptors (Lipinski definition) is 9. The molecule has 10 heteroatoms. The first-order valence-corrected chi connectivity index (χ1v) is 6.27. The summed E-state index contributed by atoms with van der Waals surface area (Å²) in [4.78, 5) is 18.6. The number of nitrogen functional groups attached to an aromatic ring is 1. The van der Waals surface area contributed by atoms with Crippen molar-refractivity contribution >= 4 is 11.9 Å². The molecular weight excluding hydrogens is 262 g/mol. The van der Waals surface area contributed by atoms with Gasteiger partial charge in [0.05, 0.1) is 6.10 Å². The Morgan fingerprint density at radius 1 is 1.20 bits per heavy atom. The van der Waals surface area contributed by atoms with Gasteiger partial charge in [0.15, 0.2) is 0 Å². The van der Waals surface area contributed by atoms with Crippen LogP contribution in [0.5, 0.6) is 0 Å². The van der Waals surface area contributed by atoms with E-state index < -0.39 is 0 Å². The number of nitrogens with zero attached hydrogens (tertiary/aromatic N) is 7.